The molecule has 4 heteroatoms. The molecule has 1 amide bonds. The summed E-state index contributed by atoms with van der Waals surface area (Å²) in [6.45, 7) is 2.35. The molecule has 24 heavy (non-hydrogen) atoms. The summed E-state index contributed by atoms with van der Waals surface area (Å²) >= 11 is 0. The highest BCUT2D eigenvalue weighted by atomic mass is 16.5. The second-order valence-electron chi connectivity index (χ2n) is 6.19. The summed E-state index contributed by atoms with van der Waals surface area (Å²) < 4.78 is 5.92. The van der Waals surface area contributed by atoms with Crippen LogP contribution in [0.15, 0.2) is 54.6 Å². The predicted molar refractivity (Wildman–Crippen MR) is 95.2 cm³/mol. The lowest BCUT2D eigenvalue weighted by Gasteiger charge is -2.32. The fourth-order valence-electron chi connectivity index (χ4n) is 3.02. The van der Waals surface area contributed by atoms with Gasteiger partial charge in [-0.25, -0.2) is 0 Å². The molecule has 1 saturated heterocycles. The van der Waals surface area contributed by atoms with Crippen molar-refractivity contribution in [3.63, 3.8) is 0 Å². The lowest BCUT2D eigenvalue weighted by Crippen LogP contribution is -2.46. The summed E-state index contributed by atoms with van der Waals surface area (Å²) in [6, 6.07) is 17.7. The molecule has 1 aliphatic rings. The van der Waals surface area contributed by atoms with Gasteiger partial charge in [-0.2, -0.15) is 0 Å². The van der Waals surface area contributed by atoms with Gasteiger partial charge in [0.05, 0.1) is 5.56 Å². The van der Waals surface area contributed by atoms with Crippen LogP contribution in [-0.2, 0) is 6.61 Å². The Morgan fingerprint density at radius 3 is 2.67 bits per heavy atom. The first-order chi connectivity index (χ1) is 11.8. The molecule has 0 saturated carbocycles. The number of hydrogen-bond acceptors (Lipinski definition) is 3. The molecule has 0 spiro atoms. The Morgan fingerprint density at radius 1 is 1.17 bits per heavy atom. The Bertz CT molecular complexity index is 666. The van der Waals surface area contributed by atoms with E-state index in [-0.39, 0.29) is 11.9 Å². The largest absolute Gasteiger partial charge is 0.488 e. The van der Waals surface area contributed by atoms with Gasteiger partial charge in [0.15, 0.2) is 0 Å². The maximum Gasteiger partial charge on any atom is 0.257 e. The standard InChI is InChI=1S/C20H24N2O2/c1-22(17-10-7-13-21-14-17)20(23)18-11-5-6-12-19(18)24-15-16-8-3-2-4-9-16/h2-6,8-9,11-12,17,21H,7,10,13-15H2,1H3/t17-/m1/s1. The molecule has 2 aromatic rings. The molecule has 1 heterocycles. The minimum atomic E-state index is 0.0207. The maximum atomic E-state index is 12.9. The van der Waals surface area contributed by atoms with Crippen LogP contribution < -0.4 is 10.1 Å². The number of likely N-dealkylation sites (N-methyl/N-ethyl adjacent to an activating group) is 1. The number of para-hydroxylation sites is 1. The molecule has 1 aliphatic heterocycles. The van der Waals surface area contributed by atoms with Crippen LogP contribution in [0.5, 0.6) is 5.75 Å². The van der Waals surface area contributed by atoms with E-state index in [4.69, 9.17) is 4.74 Å². The molecule has 1 fully saturated rings. The highest BCUT2D eigenvalue weighted by molar-refractivity contribution is 5.97. The second kappa shape index (κ2) is 7.97. The van der Waals surface area contributed by atoms with E-state index >= 15 is 0 Å². The van der Waals surface area contributed by atoms with E-state index < -0.39 is 0 Å². The van der Waals surface area contributed by atoms with Crippen LogP contribution >= 0.6 is 0 Å². The maximum absolute atomic E-state index is 12.9. The molecule has 126 valence electrons. The Balaban J connectivity index is 1.71. The number of carbonyl (C=O) groups is 1. The minimum absolute atomic E-state index is 0.0207. The molecule has 0 bridgehead atoms. The van der Waals surface area contributed by atoms with Gasteiger partial charge in [-0.05, 0) is 37.1 Å². The van der Waals surface area contributed by atoms with E-state index in [9.17, 15) is 4.79 Å². The SMILES string of the molecule is CN(C(=O)c1ccccc1OCc1ccccc1)[C@@H]1CCCNC1. The molecule has 1 N–H and O–H groups in total. The molecular formula is C20H24N2O2. The molecular weight excluding hydrogens is 300 g/mol. The zero-order chi connectivity index (χ0) is 16.8. The number of hydrogen-bond donors (Lipinski definition) is 1. The third-order valence-electron chi connectivity index (χ3n) is 4.49. The molecule has 2 aromatic carbocycles. The average molecular weight is 324 g/mol. The van der Waals surface area contributed by atoms with Crippen molar-refractivity contribution in [2.45, 2.75) is 25.5 Å². The number of amides is 1. The van der Waals surface area contributed by atoms with Crippen LogP contribution in [0.1, 0.15) is 28.8 Å². The number of carbonyl (C=O) groups excluding carboxylic acids is 1. The molecule has 0 aliphatic carbocycles. The van der Waals surface area contributed by atoms with Crippen molar-refractivity contribution < 1.29 is 9.53 Å². The summed E-state index contributed by atoms with van der Waals surface area (Å²) in [4.78, 5) is 14.7. The molecule has 0 radical (unpaired) electrons. The van der Waals surface area contributed by atoms with Crippen molar-refractivity contribution in [2.75, 3.05) is 20.1 Å². The zero-order valence-electron chi connectivity index (χ0n) is 14.1. The van der Waals surface area contributed by atoms with Gasteiger partial charge in [-0.15, -0.1) is 0 Å². The lowest BCUT2D eigenvalue weighted by molar-refractivity contribution is 0.0703. The molecule has 0 unspecified atom stereocenters. The van der Waals surface area contributed by atoms with Crippen LogP contribution in [0.3, 0.4) is 0 Å². The van der Waals surface area contributed by atoms with Crippen LogP contribution in [0, 0.1) is 0 Å². The van der Waals surface area contributed by atoms with Crippen molar-refractivity contribution in [1.82, 2.24) is 10.2 Å². The van der Waals surface area contributed by atoms with Gasteiger partial charge >= 0.3 is 0 Å². The first kappa shape index (κ1) is 16.5. The Hall–Kier alpha value is -2.33. The number of nitrogens with zero attached hydrogens (tertiary/aromatic N) is 1. The summed E-state index contributed by atoms with van der Waals surface area (Å²) in [5.41, 5.74) is 1.71. The van der Waals surface area contributed by atoms with E-state index in [0.29, 0.717) is 17.9 Å². The van der Waals surface area contributed by atoms with Gasteiger partial charge in [-0.1, -0.05) is 42.5 Å². The van der Waals surface area contributed by atoms with Crippen molar-refractivity contribution in [2.24, 2.45) is 0 Å². The van der Waals surface area contributed by atoms with Crippen LogP contribution in [0.4, 0.5) is 0 Å². The fraction of sp³-hybridized carbons (Fsp3) is 0.350. The summed E-state index contributed by atoms with van der Waals surface area (Å²) in [5, 5.41) is 3.36. The monoisotopic (exact) mass is 324 g/mol. The van der Waals surface area contributed by atoms with E-state index in [1.807, 2.05) is 66.5 Å². The van der Waals surface area contributed by atoms with Crippen LogP contribution in [0.25, 0.3) is 0 Å². The smallest absolute Gasteiger partial charge is 0.257 e. The number of nitrogens with one attached hydrogen (secondary N) is 1. The Morgan fingerprint density at radius 2 is 1.92 bits per heavy atom. The number of benzene rings is 2. The first-order valence-corrected chi connectivity index (χ1v) is 8.49. The van der Waals surface area contributed by atoms with E-state index in [0.717, 1.165) is 31.5 Å². The summed E-state index contributed by atoms with van der Waals surface area (Å²) in [7, 11) is 1.88. The minimum Gasteiger partial charge on any atom is -0.488 e. The summed E-state index contributed by atoms with van der Waals surface area (Å²) in [6.07, 6.45) is 2.15. The second-order valence-corrected chi connectivity index (χ2v) is 6.19. The summed E-state index contributed by atoms with van der Waals surface area (Å²) in [5.74, 6) is 0.661. The van der Waals surface area contributed by atoms with Gasteiger partial charge in [0.1, 0.15) is 12.4 Å². The number of rotatable bonds is 5. The van der Waals surface area contributed by atoms with Crippen LogP contribution in [-0.4, -0.2) is 37.0 Å². The quantitative estimate of drug-likeness (QED) is 0.919. The van der Waals surface area contributed by atoms with Crippen molar-refractivity contribution in [1.29, 1.82) is 0 Å². The Kier molecular flexibility index (Phi) is 5.49. The zero-order valence-corrected chi connectivity index (χ0v) is 14.1. The van der Waals surface area contributed by atoms with Crippen LogP contribution in [0.2, 0.25) is 0 Å². The normalized spacial score (nSPS) is 17.3. The number of piperidine rings is 1. The first-order valence-electron chi connectivity index (χ1n) is 8.49. The average Bonchev–Trinajstić information content (AvgIpc) is 2.67. The van der Waals surface area contributed by atoms with Crippen molar-refractivity contribution in [3.8, 4) is 5.75 Å². The van der Waals surface area contributed by atoms with Gasteiger partial charge in [0.25, 0.3) is 5.91 Å². The fourth-order valence-corrected chi connectivity index (χ4v) is 3.02. The predicted octanol–water partition coefficient (Wildman–Crippen LogP) is 3.09. The highest BCUT2D eigenvalue weighted by Gasteiger charge is 2.24. The topological polar surface area (TPSA) is 41.6 Å². The van der Waals surface area contributed by atoms with Crippen molar-refractivity contribution in [3.05, 3.63) is 65.7 Å². The van der Waals surface area contributed by atoms with E-state index in [1.54, 1.807) is 0 Å². The third kappa shape index (κ3) is 3.95. The molecule has 3 rings (SSSR count). The highest BCUT2D eigenvalue weighted by Crippen LogP contribution is 2.22. The van der Waals surface area contributed by atoms with E-state index in [1.165, 1.54) is 0 Å². The lowest BCUT2D eigenvalue weighted by atomic mass is 10.0. The van der Waals surface area contributed by atoms with Gasteiger partial charge < -0.3 is 15.0 Å². The van der Waals surface area contributed by atoms with Crippen molar-refractivity contribution >= 4 is 5.91 Å². The molecule has 0 aromatic heterocycles. The Labute approximate surface area is 143 Å². The van der Waals surface area contributed by atoms with Gasteiger partial charge in [0.2, 0.25) is 0 Å². The third-order valence-corrected chi connectivity index (χ3v) is 4.49. The molecule has 4 nitrogen and oxygen atoms in total. The van der Waals surface area contributed by atoms with Gasteiger partial charge in [-0.3, -0.25) is 4.79 Å². The molecule has 1 atom stereocenters. The van der Waals surface area contributed by atoms with Gasteiger partial charge in [0, 0.05) is 19.6 Å². The number of ether oxygens (including phenoxy) is 1. The van der Waals surface area contributed by atoms with E-state index in [2.05, 4.69) is 5.32 Å².